The minimum Gasteiger partial charge on any atom is -0.371 e. The molecule has 0 aliphatic carbocycles. The van der Waals surface area contributed by atoms with Crippen LogP contribution in [0.1, 0.15) is 19.4 Å². The molecule has 0 bridgehead atoms. The number of rotatable bonds is 5. The largest absolute Gasteiger partial charge is 0.371 e. The molecule has 0 radical (unpaired) electrons. The summed E-state index contributed by atoms with van der Waals surface area (Å²) in [5, 5.41) is 0. The first-order valence-corrected chi connectivity index (χ1v) is 5.36. The molecule has 0 fully saturated rings. The lowest BCUT2D eigenvalue weighted by molar-refractivity contribution is -0.138. The maximum Gasteiger partial charge on any atom is 0.180 e. The summed E-state index contributed by atoms with van der Waals surface area (Å²) in [5.41, 5.74) is 6.14. The van der Waals surface area contributed by atoms with E-state index in [4.69, 9.17) is 10.5 Å². The van der Waals surface area contributed by atoms with E-state index in [1.54, 1.807) is 13.8 Å². The van der Waals surface area contributed by atoms with Crippen LogP contribution in [0, 0.1) is 0 Å². The highest BCUT2D eigenvalue weighted by molar-refractivity contribution is 5.91. The molecule has 1 atom stereocenters. The molecule has 0 saturated heterocycles. The number of nitrogens with two attached hydrogens (primary N) is 1. The van der Waals surface area contributed by atoms with Gasteiger partial charge in [-0.1, -0.05) is 30.3 Å². The molecule has 0 aliphatic heterocycles. The number of Topliss-reactive ketones (excluding diaryl/α,β-unsaturated/α-hetero) is 1. The molecule has 0 aliphatic rings. The number of hydrogen-bond donors (Lipinski definition) is 1. The monoisotopic (exact) mass is 221 g/mol. The molecule has 1 aromatic carbocycles. The van der Waals surface area contributed by atoms with E-state index in [9.17, 15) is 4.79 Å². The molecule has 0 amide bonds. The number of carbonyl (C=O) groups is 1. The van der Waals surface area contributed by atoms with Gasteiger partial charge in [-0.15, -0.1) is 0 Å². The first-order valence-electron chi connectivity index (χ1n) is 5.36. The van der Waals surface area contributed by atoms with Crippen LogP contribution in [0.25, 0.3) is 0 Å². The molecule has 1 rings (SSSR count). The summed E-state index contributed by atoms with van der Waals surface area (Å²) in [6.45, 7) is 3.47. The topological polar surface area (TPSA) is 52.3 Å². The van der Waals surface area contributed by atoms with Crippen molar-refractivity contribution in [2.45, 2.75) is 31.9 Å². The van der Waals surface area contributed by atoms with Crippen molar-refractivity contribution in [2.75, 3.05) is 7.11 Å². The van der Waals surface area contributed by atoms with E-state index in [1.807, 2.05) is 30.3 Å². The fourth-order valence-corrected chi connectivity index (χ4v) is 1.51. The number of hydrogen-bond acceptors (Lipinski definition) is 3. The zero-order valence-electron chi connectivity index (χ0n) is 10.1. The van der Waals surface area contributed by atoms with Gasteiger partial charge < -0.3 is 10.5 Å². The van der Waals surface area contributed by atoms with Crippen molar-refractivity contribution in [2.24, 2.45) is 5.73 Å². The summed E-state index contributed by atoms with van der Waals surface area (Å²) in [6.07, 6.45) is 0.548. The first kappa shape index (κ1) is 12.9. The lowest BCUT2D eigenvalue weighted by Gasteiger charge is -2.24. The number of methoxy groups -OCH3 is 1. The Morgan fingerprint density at radius 2 is 1.94 bits per heavy atom. The van der Waals surface area contributed by atoms with E-state index in [0.29, 0.717) is 6.42 Å². The third-order valence-corrected chi connectivity index (χ3v) is 2.74. The molecule has 1 unspecified atom stereocenters. The van der Waals surface area contributed by atoms with Crippen molar-refractivity contribution in [3.63, 3.8) is 0 Å². The maximum absolute atomic E-state index is 12.0. The van der Waals surface area contributed by atoms with E-state index in [-0.39, 0.29) is 5.78 Å². The minimum atomic E-state index is -0.811. The molecular formula is C13H19NO2. The van der Waals surface area contributed by atoms with Gasteiger partial charge >= 0.3 is 0 Å². The van der Waals surface area contributed by atoms with Crippen molar-refractivity contribution in [3.05, 3.63) is 35.9 Å². The van der Waals surface area contributed by atoms with Crippen molar-refractivity contribution in [1.82, 2.24) is 0 Å². The molecule has 16 heavy (non-hydrogen) atoms. The third-order valence-electron chi connectivity index (χ3n) is 2.74. The van der Waals surface area contributed by atoms with Crippen molar-refractivity contribution < 1.29 is 9.53 Å². The van der Waals surface area contributed by atoms with Crippen LogP contribution < -0.4 is 5.73 Å². The summed E-state index contributed by atoms with van der Waals surface area (Å²) < 4.78 is 5.13. The van der Waals surface area contributed by atoms with Crippen LogP contribution in [-0.4, -0.2) is 24.5 Å². The highest BCUT2D eigenvalue weighted by Gasteiger charge is 2.31. The summed E-state index contributed by atoms with van der Waals surface area (Å²) in [7, 11) is 1.52. The van der Waals surface area contributed by atoms with Gasteiger partial charge in [-0.05, 0) is 25.8 Å². The van der Waals surface area contributed by atoms with E-state index >= 15 is 0 Å². The third kappa shape index (κ3) is 3.15. The molecule has 0 aromatic heterocycles. The summed E-state index contributed by atoms with van der Waals surface area (Å²) >= 11 is 0. The smallest absolute Gasteiger partial charge is 0.180 e. The molecule has 3 nitrogen and oxygen atoms in total. The quantitative estimate of drug-likeness (QED) is 0.820. The van der Waals surface area contributed by atoms with Gasteiger partial charge in [0.2, 0.25) is 0 Å². The normalized spacial score (nSPS) is 13.5. The van der Waals surface area contributed by atoms with Gasteiger partial charge in [-0.2, -0.15) is 0 Å². The molecule has 2 N–H and O–H groups in total. The Morgan fingerprint density at radius 1 is 1.38 bits per heavy atom. The first-order chi connectivity index (χ1) is 7.47. The Morgan fingerprint density at radius 3 is 2.44 bits per heavy atom. The van der Waals surface area contributed by atoms with E-state index in [0.717, 1.165) is 5.56 Å². The minimum absolute atomic E-state index is 0.0705. The van der Waals surface area contributed by atoms with Gasteiger partial charge in [-0.3, -0.25) is 4.79 Å². The Labute approximate surface area is 96.6 Å². The second kappa shape index (κ2) is 5.23. The van der Waals surface area contributed by atoms with Gasteiger partial charge in [0.1, 0.15) is 5.60 Å². The van der Waals surface area contributed by atoms with Crippen molar-refractivity contribution in [3.8, 4) is 0 Å². The predicted molar refractivity (Wildman–Crippen MR) is 64.2 cm³/mol. The van der Waals surface area contributed by atoms with Crippen LogP contribution in [-0.2, 0) is 16.0 Å². The Balaban J connectivity index is 2.66. The number of carbonyl (C=O) groups excluding carboxylic acids is 1. The number of ether oxygens (including phenoxy) is 1. The second-order valence-corrected chi connectivity index (χ2v) is 4.37. The van der Waals surface area contributed by atoms with Crippen molar-refractivity contribution in [1.29, 1.82) is 0 Å². The van der Waals surface area contributed by atoms with Crippen LogP contribution in [0.3, 0.4) is 0 Å². The fourth-order valence-electron chi connectivity index (χ4n) is 1.51. The van der Waals surface area contributed by atoms with Crippen LogP contribution in [0.4, 0.5) is 0 Å². The molecular weight excluding hydrogens is 202 g/mol. The van der Waals surface area contributed by atoms with Crippen LogP contribution in [0.5, 0.6) is 0 Å². The summed E-state index contributed by atoms with van der Waals surface area (Å²) in [4.78, 5) is 12.0. The Hall–Kier alpha value is -1.19. The molecule has 0 heterocycles. The molecule has 0 saturated carbocycles. The van der Waals surface area contributed by atoms with Crippen molar-refractivity contribution >= 4 is 5.78 Å². The SMILES string of the molecule is COC(C)(C)C(=O)C(N)Cc1ccccc1. The van der Waals surface area contributed by atoms with E-state index < -0.39 is 11.6 Å². The van der Waals surface area contributed by atoms with Gasteiger partial charge in [-0.25, -0.2) is 0 Å². The average molecular weight is 221 g/mol. The summed E-state index contributed by atoms with van der Waals surface area (Å²) in [5.74, 6) is -0.0705. The Kier molecular flexibility index (Phi) is 4.21. The van der Waals surface area contributed by atoms with Gasteiger partial charge in [0.25, 0.3) is 0 Å². The van der Waals surface area contributed by atoms with Crippen LogP contribution >= 0.6 is 0 Å². The lowest BCUT2D eigenvalue weighted by Crippen LogP contribution is -2.46. The zero-order chi connectivity index (χ0) is 12.2. The van der Waals surface area contributed by atoms with Crippen LogP contribution in [0.2, 0.25) is 0 Å². The lowest BCUT2D eigenvalue weighted by atomic mass is 9.93. The highest BCUT2D eigenvalue weighted by atomic mass is 16.5. The maximum atomic E-state index is 12.0. The Bertz CT molecular complexity index is 346. The second-order valence-electron chi connectivity index (χ2n) is 4.37. The molecule has 88 valence electrons. The fraction of sp³-hybridized carbons (Fsp3) is 0.462. The van der Waals surface area contributed by atoms with E-state index in [2.05, 4.69) is 0 Å². The van der Waals surface area contributed by atoms with Crippen LogP contribution in [0.15, 0.2) is 30.3 Å². The summed E-state index contributed by atoms with van der Waals surface area (Å²) in [6, 6.07) is 9.23. The predicted octanol–water partition coefficient (Wildman–Crippen LogP) is 1.55. The number of ketones is 1. The van der Waals surface area contributed by atoms with E-state index in [1.165, 1.54) is 7.11 Å². The molecule has 0 spiro atoms. The van der Waals surface area contributed by atoms with Gasteiger partial charge in [0.05, 0.1) is 6.04 Å². The standard InChI is InChI=1S/C13H19NO2/c1-13(2,16-3)12(15)11(14)9-10-7-5-4-6-8-10/h4-8,11H,9,14H2,1-3H3. The van der Waals surface area contributed by atoms with Gasteiger partial charge in [0.15, 0.2) is 5.78 Å². The average Bonchev–Trinajstić information content (AvgIpc) is 2.29. The zero-order valence-corrected chi connectivity index (χ0v) is 10.1. The van der Waals surface area contributed by atoms with Gasteiger partial charge in [0, 0.05) is 7.11 Å². The molecule has 3 heteroatoms. The number of benzene rings is 1. The highest BCUT2D eigenvalue weighted by Crippen LogP contribution is 2.13. The molecule has 1 aromatic rings.